The summed E-state index contributed by atoms with van der Waals surface area (Å²) in [4.78, 5) is 23.4. The summed E-state index contributed by atoms with van der Waals surface area (Å²) in [6.45, 7) is 1.70. The van der Waals surface area contributed by atoms with Crippen LogP contribution in [-0.4, -0.2) is 34.4 Å². The second kappa shape index (κ2) is 6.79. The molecule has 0 spiro atoms. The predicted molar refractivity (Wildman–Crippen MR) is 79.2 cm³/mol. The number of benzene rings is 1. The van der Waals surface area contributed by atoms with Crippen molar-refractivity contribution in [1.29, 1.82) is 0 Å². The molecular formula is C16H21NO5. The minimum absolute atomic E-state index is 0.117. The summed E-state index contributed by atoms with van der Waals surface area (Å²) < 4.78 is 5.11. The monoisotopic (exact) mass is 307 g/mol. The van der Waals surface area contributed by atoms with Crippen LogP contribution in [0.3, 0.4) is 0 Å². The van der Waals surface area contributed by atoms with E-state index in [1.54, 1.807) is 6.92 Å². The summed E-state index contributed by atoms with van der Waals surface area (Å²) in [6, 6.07) is 8.56. The highest BCUT2D eigenvalue weighted by Crippen LogP contribution is 2.36. The summed E-state index contributed by atoms with van der Waals surface area (Å²) in [7, 11) is 0. The number of carboxylic acid groups (broad SMARTS) is 1. The van der Waals surface area contributed by atoms with Gasteiger partial charge in [-0.1, -0.05) is 30.3 Å². The quantitative estimate of drug-likeness (QED) is 0.790. The van der Waals surface area contributed by atoms with Crippen LogP contribution >= 0.6 is 0 Å². The highest BCUT2D eigenvalue weighted by Gasteiger charge is 2.46. The topological polar surface area (TPSA) is 95.9 Å². The summed E-state index contributed by atoms with van der Waals surface area (Å²) in [5.41, 5.74) is -0.243. The summed E-state index contributed by atoms with van der Waals surface area (Å²) in [5, 5.41) is 21.7. The molecule has 120 valence electrons. The van der Waals surface area contributed by atoms with Gasteiger partial charge in [0, 0.05) is 0 Å². The number of hydrogen-bond acceptors (Lipinski definition) is 4. The van der Waals surface area contributed by atoms with Gasteiger partial charge in [-0.3, -0.25) is 4.79 Å². The first-order valence-electron chi connectivity index (χ1n) is 7.30. The Morgan fingerprint density at radius 3 is 2.68 bits per heavy atom. The number of carbonyl (C=O) groups is 2. The van der Waals surface area contributed by atoms with Gasteiger partial charge in [-0.25, -0.2) is 4.79 Å². The number of aliphatic hydroxyl groups excluding tert-OH is 1. The number of rotatable bonds is 4. The zero-order chi connectivity index (χ0) is 16.2. The lowest BCUT2D eigenvalue weighted by atomic mass is 9.71. The van der Waals surface area contributed by atoms with E-state index in [4.69, 9.17) is 4.74 Å². The van der Waals surface area contributed by atoms with Crippen LogP contribution < -0.4 is 5.32 Å². The lowest BCUT2D eigenvalue weighted by molar-refractivity contribution is -0.152. The molecule has 22 heavy (non-hydrogen) atoms. The number of carboxylic acids is 1. The van der Waals surface area contributed by atoms with Gasteiger partial charge >= 0.3 is 12.1 Å². The molecule has 0 saturated heterocycles. The Hall–Kier alpha value is -2.08. The number of ether oxygens (including phenoxy) is 1. The van der Waals surface area contributed by atoms with E-state index < -0.39 is 29.6 Å². The van der Waals surface area contributed by atoms with E-state index in [1.165, 1.54) is 0 Å². The molecule has 1 amide bonds. The van der Waals surface area contributed by atoms with Gasteiger partial charge in [0.2, 0.25) is 0 Å². The first-order valence-corrected chi connectivity index (χ1v) is 7.30. The number of hydrogen-bond donors (Lipinski definition) is 3. The Labute approximate surface area is 129 Å². The molecule has 1 aliphatic carbocycles. The van der Waals surface area contributed by atoms with Crippen molar-refractivity contribution in [3.8, 4) is 0 Å². The van der Waals surface area contributed by atoms with E-state index >= 15 is 0 Å². The molecular weight excluding hydrogens is 286 g/mol. The fourth-order valence-corrected chi connectivity index (χ4v) is 2.67. The first kappa shape index (κ1) is 16.3. The largest absolute Gasteiger partial charge is 0.481 e. The highest BCUT2D eigenvalue weighted by atomic mass is 16.5. The molecule has 6 nitrogen and oxygen atoms in total. The van der Waals surface area contributed by atoms with Crippen molar-refractivity contribution < 1.29 is 24.5 Å². The van der Waals surface area contributed by atoms with Gasteiger partial charge in [0.1, 0.15) is 6.61 Å². The lowest BCUT2D eigenvalue weighted by Gasteiger charge is -2.39. The van der Waals surface area contributed by atoms with Crippen LogP contribution in [0.4, 0.5) is 4.79 Å². The Kier molecular flexibility index (Phi) is 5.03. The zero-order valence-electron chi connectivity index (χ0n) is 12.5. The summed E-state index contributed by atoms with van der Waals surface area (Å²) in [5.74, 6) is -0.979. The molecule has 1 aromatic rings. The molecule has 1 saturated carbocycles. The number of aliphatic carboxylic acids is 1. The van der Waals surface area contributed by atoms with E-state index in [0.29, 0.717) is 12.8 Å². The van der Waals surface area contributed by atoms with Gasteiger partial charge in [0.05, 0.1) is 17.6 Å². The molecule has 1 fully saturated rings. The second-order valence-corrected chi connectivity index (χ2v) is 5.91. The lowest BCUT2D eigenvalue weighted by Crippen LogP contribution is -2.54. The maximum atomic E-state index is 11.9. The fraction of sp³-hybridized carbons (Fsp3) is 0.500. The molecule has 0 bridgehead atoms. The SMILES string of the molecule is C[C@]1(C(=O)O)CC[C@@H](O)C[C@H]1NC(=O)OCc1ccccc1. The number of carbonyl (C=O) groups excluding carboxylic acids is 1. The molecule has 0 heterocycles. The minimum atomic E-state index is -1.09. The zero-order valence-corrected chi connectivity index (χ0v) is 12.5. The van der Waals surface area contributed by atoms with Gasteiger partial charge < -0.3 is 20.3 Å². The maximum Gasteiger partial charge on any atom is 0.407 e. The second-order valence-electron chi connectivity index (χ2n) is 5.91. The van der Waals surface area contributed by atoms with Gasteiger partial charge in [0.25, 0.3) is 0 Å². The summed E-state index contributed by atoms with van der Waals surface area (Å²) in [6.07, 6.45) is -0.335. The van der Waals surface area contributed by atoms with E-state index in [1.807, 2.05) is 30.3 Å². The van der Waals surface area contributed by atoms with Crippen LogP contribution in [0.25, 0.3) is 0 Å². The number of nitrogens with one attached hydrogen (secondary N) is 1. The van der Waals surface area contributed by atoms with Crippen LogP contribution in [0, 0.1) is 5.41 Å². The van der Waals surface area contributed by atoms with E-state index in [9.17, 15) is 19.8 Å². The van der Waals surface area contributed by atoms with Crippen molar-refractivity contribution in [2.45, 2.75) is 44.9 Å². The van der Waals surface area contributed by atoms with Crippen molar-refractivity contribution in [3.63, 3.8) is 0 Å². The van der Waals surface area contributed by atoms with Crippen molar-refractivity contribution in [2.24, 2.45) is 5.41 Å². The third-order valence-electron chi connectivity index (χ3n) is 4.27. The average Bonchev–Trinajstić information content (AvgIpc) is 2.50. The van der Waals surface area contributed by atoms with Crippen molar-refractivity contribution in [1.82, 2.24) is 5.32 Å². The smallest absolute Gasteiger partial charge is 0.407 e. The van der Waals surface area contributed by atoms with Gasteiger partial charge in [-0.15, -0.1) is 0 Å². The molecule has 2 rings (SSSR count). The van der Waals surface area contributed by atoms with Crippen LogP contribution in [0.1, 0.15) is 31.7 Å². The van der Waals surface area contributed by atoms with Gasteiger partial charge in [-0.2, -0.15) is 0 Å². The van der Waals surface area contributed by atoms with Crippen molar-refractivity contribution in [2.75, 3.05) is 0 Å². The third-order valence-corrected chi connectivity index (χ3v) is 4.27. The fourth-order valence-electron chi connectivity index (χ4n) is 2.67. The van der Waals surface area contributed by atoms with Crippen LogP contribution in [0.15, 0.2) is 30.3 Å². The third kappa shape index (κ3) is 3.76. The standard InChI is InChI=1S/C16H21NO5/c1-16(14(19)20)8-7-12(18)9-13(16)17-15(21)22-10-11-5-3-2-4-6-11/h2-6,12-13,18H,7-10H2,1H3,(H,17,21)(H,19,20)/t12-,13-,16+/m1/s1. The molecule has 0 unspecified atom stereocenters. The molecule has 6 heteroatoms. The van der Waals surface area contributed by atoms with Gasteiger partial charge in [0.15, 0.2) is 0 Å². The molecule has 3 N–H and O–H groups in total. The molecule has 0 radical (unpaired) electrons. The average molecular weight is 307 g/mol. The molecule has 0 aromatic heterocycles. The molecule has 1 aliphatic rings. The number of amides is 1. The molecule has 1 aromatic carbocycles. The minimum Gasteiger partial charge on any atom is -0.481 e. The predicted octanol–water partition coefficient (Wildman–Crippen LogP) is 1.92. The number of aliphatic hydroxyl groups is 1. The van der Waals surface area contributed by atoms with Gasteiger partial charge in [-0.05, 0) is 31.7 Å². The van der Waals surface area contributed by atoms with E-state index in [2.05, 4.69) is 5.32 Å². The Morgan fingerprint density at radius 1 is 1.36 bits per heavy atom. The molecule has 0 aliphatic heterocycles. The van der Waals surface area contributed by atoms with Crippen LogP contribution in [0.5, 0.6) is 0 Å². The first-order chi connectivity index (χ1) is 10.4. The Bertz CT molecular complexity index is 533. The van der Waals surface area contributed by atoms with Crippen molar-refractivity contribution >= 4 is 12.1 Å². The Balaban J connectivity index is 1.94. The normalized spacial score (nSPS) is 27.9. The summed E-state index contributed by atoms with van der Waals surface area (Å²) >= 11 is 0. The van der Waals surface area contributed by atoms with Crippen LogP contribution in [-0.2, 0) is 16.1 Å². The number of alkyl carbamates (subject to hydrolysis) is 1. The maximum absolute atomic E-state index is 11.9. The van der Waals surface area contributed by atoms with Crippen LogP contribution in [0.2, 0.25) is 0 Å². The van der Waals surface area contributed by atoms with E-state index in [-0.39, 0.29) is 13.0 Å². The van der Waals surface area contributed by atoms with E-state index in [0.717, 1.165) is 5.56 Å². The van der Waals surface area contributed by atoms with Crippen molar-refractivity contribution in [3.05, 3.63) is 35.9 Å². The molecule has 3 atom stereocenters. The Morgan fingerprint density at radius 2 is 2.05 bits per heavy atom. The highest BCUT2D eigenvalue weighted by molar-refractivity contribution is 5.77.